The standard InChI is InChI=1S/C22H17Cl3F6N2OS/c1-11-6-12(2-4-14(11)20(35)32-9-18(34)33-10-21(26,27)28)3-5-15(22(29,30)31)13-7-16(23)19(25)17(24)8-13/h2-8,15H,9-10H2,1H3,(H,32,35)(H,33,34). The molecule has 1 atom stereocenters. The van der Waals surface area contributed by atoms with Crippen molar-refractivity contribution in [3.05, 3.63) is 73.7 Å². The molecular weight excluding hydrogens is 561 g/mol. The third-order valence-corrected chi connectivity index (χ3v) is 6.15. The van der Waals surface area contributed by atoms with E-state index in [4.69, 9.17) is 47.0 Å². The maximum absolute atomic E-state index is 13.7. The minimum Gasteiger partial charge on any atom is -0.367 e. The van der Waals surface area contributed by atoms with Crippen molar-refractivity contribution in [2.24, 2.45) is 0 Å². The Bertz CT molecular complexity index is 1110. The van der Waals surface area contributed by atoms with Crippen LogP contribution in [0.1, 0.15) is 28.2 Å². The van der Waals surface area contributed by atoms with E-state index in [1.54, 1.807) is 18.3 Å². The number of carbonyl (C=O) groups excluding carboxylic acids is 1. The first-order valence-corrected chi connectivity index (χ1v) is 11.2. The summed E-state index contributed by atoms with van der Waals surface area (Å²) in [5.74, 6) is -2.91. The molecule has 0 aliphatic heterocycles. The van der Waals surface area contributed by atoms with Crippen LogP contribution < -0.4 is 10.6 Å². The van der Waals surface area contributed by atoms with Gasteiger partial charge < -0.3 is 10.6 Å². The summed E-state index contributed by atoms with van der Waals surface area (Å²) in [6, 6.07) is 6.80. The van der Waals surface area contributed by atoms with Gasteiger partial charge in [-0.3, -0.25) is 4.79 Å². The van der Waals surface area contributed by atoms with Gasteiger partial charge in [0.2, 0.25) is 5.91 Å². The number of amides is 1. The van der Waals surface area contributed by atoms with Crippen LogP contribution in [0.25, 0.3) is 6.08 Å². The van der Waals surface area contributed by atoms with Gasteiger partial charge in [0.25, 0.3) is 0 Å². The minimum absolute atomic E-state index is 0.0457. The predicted molar refractivity (Wildman–Crippen MR) is 129 cm³/mol. The molecule has 0 fully saturated rings. The van der Waals surface area contributed by atoms with Gasteiger partial charge in [-0.05, 0) is 35.7 Å². The second kappa shape index (κ2) is 11.8. The van der Waals surface area contributed by atoms with Gasteiger partial charge in [-0.1, -0.05) is 77.4 Å². The van der Waals surface area contributed by atoms with Gasteiger partial charge in [-0.2, -0.15) is 26.3 Å². The lowest BCUT2D eigenvalue weighted by Crippen LogP contribution is -2.40. The Morgan fingerprint density at radius 1 is 1.03 bits per heavy atom. The van der Waals surface area contributed by atoms with E-state index in [1.807, 2.05) is 0 Å². The van der Waals surface area contributed by atoms with E-state index in [-0.39, 0.29) is 25.6 Å². The molecule has 2 rings (SSSR count). The van der Waals surface area contributed by atoms with E-state index in [0.29, 0.717) is 16.7 Å². The van der Waals surface area contributed by atoms with Crippen molar-refractivity contribution in [3.63, 3.8) is 0 Å². The van der Waals surface area contributed by atoms with Crippen LogP contribution in [0.4, 0.5) is 26.3 Å². The lowest BCUT2D eigenvalue weighted by atomic mass is 9.96. The highest BCUT2D eigenvalue weighted by Gasteiger charge is 2.39. The van der Waals surface area contributed by atoms with E-state index < -0.39 is 37.3 Å². The summed E-state index contributed by atoms with van der Waals surface area (Å²) < 4.78 is 77.6. The van der Waals surface area contributed by atoms with E-state index >= 15 is 0 Å². The van der Waals surface area contributed by atoms with Gasteiger partial charge in [0, 0.05) is 5.56 Å². The van der Waals surface area contributed by atoms with Crippen molar-refractivity contribution in [2.75, 3.05) is 13.1 Å². The smallest absolute Gasteiger partial charge is 0.367 e. The second-order valence-electron chi connectivity index (χ2n) is 7.33. The maximum atomic E-state index is 13.7. The van der Waals surface area contributed by atoms with Gasteiger partial charge >= 0.3 is 12.4 Å². The number of rotatable bonds is 7. The molecule has 190 valence electrons. The molecule has 0 saturated heterocycles. The van der Waals surface area contributed by atoms with Gasteiger partial charge in [0.05, 0.1) is 27.5 Å². The molecule has 2 aromatic rings. The number of halogens is 9. The Kier molecular flexibility index (Phi) is 9.87. The molecule has 3 nitrogen and oxygen atoms in total. The fraction of sp³-hybridized carbons (Fsp3) is 0.273. The average molecular weight is 578 g/mol. The first kappa shape index (κ1) is 29.2. The van der Waals surface area contributed by atoms with Gasteiger partial charge in [0.1, 0.15) is 11.5 Å². The summed E-state index contributed by atoms with van der Waals surface area (Å²) in [6.45, 7) is -0.298. The molecule has 2 aromatic carbocycles. The summed E-state index contributed by atoms with van der Waals surface area (Å²) in [6.07, 6.45) is -6.95. The van der Waals surface area contributed by atoms with E-state index in [2.05, 4.69) is 5.32 Å². The average Bonchev–Trinajstić information content (AvgIpc) is 2.73. The molecule has 0 aromatic heterocycles. The third kappa shape index (κ3) is 8.86. The minimum atomic E-state index is -4.63. The van der Waals surface area contributed by atoms with Crippen molar-refractivity contribution in [1.82, 2.24) is 10.6 Å². The summed E-state index contributed by atoms with van der Waals surface area (Å²) in [4.78, 5) is 11.6. The molecule has 13 heteroatoms. The first-order valence-electron chi connectivity index (χ1n) is 9.70. The highest BCUT2D eigenvalue weighted by atomic mass is 35.5. The zero-order valence-electron chi connectivity index (χ0n) is 17.8. The third-order valence-electron chi connectivity index (χ3n) is 4.59. The molecule has 0 heterocycles. The highest BCUT2D eigenvalue weighted by molar-refractivity contribution is 7.80. The first-order chi connectivity index (χ1) is 16.1. The molecule has 1 unspecified atom stereocenters. The van der Waals surface area contributed by atoms with Gasteiger partial charge in [0.15, 0.2) is 0 Å². The Morgan fingerprint density at radius 3 is 2.14 bits per heavy atom. The molecule has 0 radical (unpaired) electrons. The number of carbonyl (C=O) groups is 1. The molecule has 0 aliphatic carbocycles. The predicted octanol–water partition coefficient (Wildman–Crippen LogP) is 7.26. The van der Waals surface area contributed by atoms with Crippen LogP contribution in [-0.2, 0) is 4.79 Å². The van der Waals surface area contributed by atoms with Crippen LogP contribution >= 0.6 is 47.0 Å². The Morgan fingerprint density at radius 2 is 1.63 bits per heavy atom. The van der Waals surface area contributed by atoms with Crippen LogP contribution in [0.3, 0.4) is 0 Å². The van der Waals surface area contributed by atoms with E-state index in [9.17, 15) is 31.1 Å². The van der Waals surface area contributed by atoms with Gasteiger partial charge in [-0.25, -0.2) is 0 Å². The summed E-state index contributed by atoms with van der Waals surface area (Å²) in [5.41, 5.74) is 1.28. The molecule has 0 saturated carbocycles. The summed E-state index contributed by atoms with van der Waals surface area (Å²) in [7, 11) is 0. The largest absolute Gasteiger partial charge is 0.405 e. The van der Waals surface area contributed by atoms with Crippen LogP contribution in [0, 0.1) is 6.92 Å². The molecule has 0 spiro atoms. The highest BCUT2D eigenvalue weighted by Crippen LogP contribution is 2.41. The van der Waals surface area contributed by atoms with Crippen LogP contribution in [-0.4, -0.2) is 36.3 Å². The molecule has 0 aliphatic rings. The van der Waals surface area contributed by atoms with E-state index in [0.717, 1.165) is 18.2 Å². The lowest BCUT2D eigenvalue weighted by Gasteiger charge is -2.18. The zero-order valence-corrected chi connectivity index (χ0v) is 20.8. The number of benzene rings is 2. The van der Waals surface area contributed by atoms with E-state index in [1.165, 1.54) is 18.2 Å². The number of thiocarbonyl (C=S) groups is 1. The van der Waals surface area contributed by atoms with Crippen molar-refractivity contribution in [2.45, 2.75) is 25.2 Å². The molecule has 1 amide bonds. The number of aryl methyl sites for hydroxylation is 1. The number of allylic oxidation sites excluding steroid dienone is 1. The zero-order chi connectivity index (χ0) is 26.6. The maximum Gasteiger partial charge on any atom is 0.405 e. The fourth-order valence-electron chi connectivity index (χ4n) is 2.93. The Labute approximate surface area is 217 Å². The van der Waals surface area contributed by atoms with Crippen molar-refractivity contribution >= 4 is 64.0 Å². The van der Waals surface area contributed by atoms with Gasteiger partial charge in [-0.15, -0.1) is 0 Å². The van der Waals surface area contributed by atoms with Crippen molar-refractivity contribution < 1.29 is 31.1 Å². The fourth-order valence-corrected chi connectivity index (χ4v) is 3.85. The van der Waals surface area contributed by atoms with Crippen LogP contribution in [0.2, 0.25) is 15.1 Å². The quantitative estimate of drug-likeness (QED) is 0.207. The number of nitrogens with one attached hydrogen (secondary N) is 2. The Hall–Kier alpha value is -2.01. The number of hydrogen-bond donors (Lipinski definition) is 2. The summed E-state index contributed by atoms with van der Waals surface area (Å²) >= 11 is 22.8. The Balaban J connectivity index is 2.15. The molecule has 35 heavy (non-hydrogen) atoms. The lowest BCUT2D eigenvalue weighted by molar-refractivity contribution is -0.139. The monoisotopic (exact) mass is 576 g/mol. The van der Waals surface area contributed by atoms with Crippen molar-refractivity contribution in [1.29, 1.82) is 0 Å². The topological polar surface area (TPSA) is 41.1 Å². The molecule has 2 N–H and O–H groups in total. The number of hydrogen-bond acceptors (Lipinski definition) is 2. The van der Waals surface area contributed by atoms with Crippen LogP contribution in [0.15, 0.2) is 36.4 Å². The van der Waals surface area contributed by atoms with Crippen LogP contribution in [0.5, 0.6) is 0 Å². The van der Waals surface area contributed by atoms with Crippen molar-refractivity contribution in [3.8, 4) is 0 Å². The normalized spacial score (nSPS) is 13.1. The SMILES string of the molecule is Cc1cc(C=CC(c2cc(Cl)c(Cl)c(Cl)c2)C(F)(F)F)ccc1C(=S)NCC(=O)NCC(F)(F)F. The number of alkyl halides is 6. The molecular formula is C22H17Cl3F6N2OS. The summed E-state index contributed by atoms with van der Waals surface area (Å²) in [5, 5.41) is 4.00. The second-order valence-corrected chi connectivity index (χ2v) is 8.93. The molecule has 0 bridgehead atoms.